The second kappa shape index (κ2) is 6.33. The van der Waals surface area contributed by atoms with E-state index in [1.54, 1.807) is 4.68 Å². The summed E-state index contributed by atoms with van der Waals surface area (Å²) < 4.78 is 28.3. The predicted molar refractivity (Wildman–Crippen MR) is 89.0 cm³/mol. The molecule has 0 unspecified atom stereocenters. The second-order valence-electron chi connectivity index (χ2n) is 6.48. The van der Waals surface area contributed by atoms with E-state index in [9.17, 15) is 8.78 Å². The summed E-state index contributed by atoms with van der Waals surface area (Å²) in [4.78, 5) is 10.8. The minimum atomic E-state index is -2.54. The van der Waals surface area contributed by atoms with Gasteiger partial charge in [0.1, 0.15) is 5.82 Å². The van der Waals surface area contributed by atoms with Crippen molar-refractivity contribution < 1.29 is 8.78 Å². The third-order valence-electron chi connectivity index (χ3n) is 4.16. The van der Waals surface area contributed by atoms with E-state index >= 15 is 0 Å². The van der Waals surface area contributed by atoms with Crippen LogP contribution in [0.3, 0.4) is 0 Å². The van der Waals surface area contributed by atoms with Crippen LogP contribution in [0, 0.1) is 6.92 Å². The highest BCUT2D eigenvalue weighted by Gasteiger charge is 2.35. The van der Waals surface area contributed by atoms with E-state index in [0.717, 1.165) is 11.5 Å². The third-order valence-corrected chi connectivity index (χ3v) is 4.16. The van der Waals surface area contributed by atoms with Gasteiger partial charge in [0.2, 0.25) is 11.9 Å². The molecule has 0 radical (unpaired) electrons. The molecule has 130 valence electrons. The molecule has 3 rings (SSSR count). The van der Waals surface area contributed by atoms with Crippen molar-refractivity contribution >= 4 is 11.8 Å². The number of nitrogens with zero attached hydrogens (tertiary/aromatic N) is 5. The van der Waals surface area contributed by atoms with Gasteiger partial charge < -0.3 is 10.2 Å². The maximum Gasteiger partial charge on any atom is 0.248 e. The lowest BCUT2D eigenvalue weighted by Gasteiger charge is -2.29. The van der Waals surface area contributed by atoms with Crippen molar-refractivity contribution in [2.24, 2.45) is 0 Å². The lowest BCUT2D eigenvalue weighted by Crippen LogP contribution is -2.32. The number of aryl methyl sites for hydroxylation is 1. The molecule has 0 aliphatic heterocycles. The molecule has 2 aromatic heterocycles. The predicted octanol–water partition coefficient (Wildman–Crippen LogP) is 3.03. The zero-order valence-corrected chi connectivity index (χ0v) is 14.1. The van der Waals surface area contributed by atoms with Gasteiger partial charge in [0.15, 0.2) is 5.82 Å². The Morgan fingerprint density at radius 2 is 1.96 bits per heavy atom. The number of halogens is 2. The largest absolute Gasteiger partial charge is 0.363 e. The normalized spacial score (nSPS) is 17.7. The van der Waals surface area contributed by atoms with Crippen LogP contribution in [-0.2, 0) is 0 Å². The van der Waals surface area contributed by atoms with E-state index in [1.807, 2.05) is 44.2 Å². The molecule has 1 aliphatic carbocycles. The Bertz CT molecular complexity index is 702. The maximum absolute atomic E-state index is 13.3. The average molecular weight is 336 g/mol. The molecule has 1 aliphatic rings. The van der Waals surface area contributed by atoms with E-state index in [-0.39, 0.29) is 18.9 Å². The lowest BCUT2D eigenvalue weighted by atomic mass is 9.92. The number of rotatable bonds is 4. The van der Waals surface area contributed by atoms with Gasteiger partial charge in [0.05, 0.1) is 5.69 Å². The average Bonchev–Trinajstić information content (AvgIpc) is 2.96. The standard InChI is InChI=1S/C16H22F2N6/c1-11-6-9-24(22-11)14-10-13(23(2)3)20-15(21-14)19-12-4-7-16(17,18)8-5-12/h6,9-10,12H,4-5,7-8H2,1-3H3,(H,19,20,21). The second-order valence-corrected chi connectivity index (χ2v) is 6.48. The molecular weight excluding hydrogens is 314 g/mol. The molecular formula is C16H22F2N6. The van der Waals surface area contributed by atoms with Crippen LogP contribution in [0.5, 0.6) is 0 Å². The van der Waals surface area contributed by atoms with Crippen molar-refractivity contribution in [2.45, 2.75) is 44.6 Å². The Morgan fingerprint density at radius 3 is 2.54 bits per heavy atom. The topological polar surface area (TPSA) is 58.9 Å². The molecule has 8 heteroatoms. The van der Waals surface area contributed by atoms with Gasteiger partial charge in [-0.3, -0.25) is 0 Å². The molecule has 1 saturated carbocycles. The van der Waals surface area contributed by atoms with Crippen molar-refractivity contribution in [3.63, 3.8) is 0 Å². The molecule has 0 aromatic carbocycles. The molecule has 0 bridgehead atoms. The van der Waals surface area contributed by atoms with Crippen LogP contribution >= 0.6 is 0 Å². The number of hydrogen-bond donors (Lipinski definition) is 1. The van der Waals surface area contributed by atoms with Crippen LogP contribution < -0.4 is 10.2 Å². The number of anilines is 2. The Labute approximate surface area is 139 Å². The van der Waals surface area contributed by atoms with Crippen LogP contribution in [0.4, 0.5) is 20.5 Å². The molecule has 2 aromatic rings. The van der Waals surface area contributed by atoms with E-state index in [2.05, 4.69) is 20.4 Å². The van der Waals surface area contributed by atoms with Gasteiger partial charge in [-0.25, -0.2) is 13.5 Å². The first-order valence-electron chi connectivity index (χ1n) is 8.06. The van der Waals surface area contributed by atoms with Crippen molar-refractivity contribution in [1.29, 1.82) is 0 Å². The van der Waals surface area contributed by atoms with Crippen molar-refractivity contribution in [3.05, 3.63) is 24.0 Å². The van der Waals surface area contributed by atoms with E-state index in [4.69, 9.17) is 0 Å². The van der Waals surface area contributed by atoms with Gasteiger partial charge in [-0.1, -0.05) is 0 Å². The van der Waals surface area contributed by atoms with Crippen molar-refractivity contribution in [3.8, 4) is 5.82 Å². The molecule has 0 saturated heterocycles. The first kappa shape index (κ1) is 16.6. The van der Waals surface area contributed by atoms with E-state index < -0.39 is 5.92 Å². The smallest absolute Gasteiger partial charge is 0.248 e. The van der Waals surface area contributed by atoms with Gasteiger partial charge >= 0.3 is 0 Å². The summed E-state index contributed by atoms with van der Waals surface area (Å²) >= 11 is 0. The van der Waals surface area contributed by atoms with Crippen molar-refractivity contribution in [2.75, 3.05) is 24.3 Å². The third kappa shape index (κ3) is 3.80. The molecule has 0 atom stereocenters. The first-order chi connectivity index (χ1) is 11.3. The molecule has 1 N–H and O–H groups in total. The quantitative estimate of drug-likeness (QED) is 0.930. The first-order valence-corrected chi connectivity index (χ1v) is 8.06. The van der Waals surface area contributed by atoms with Gasteiger partial charge in [0.25, 0.3) is 0 Å². The zero-order valence-electron chi connectivity index (χ0n) is 14.1. The maximum atomic E-state index is 13.3. The molecule has 2 heterocycles. The van der Waals surface area contributed by atoms with Gasteiger partial charge in [-0.2, -0.15) is 15.1 Å². The highest BCUT2D eigenvalue weighted by molar-refractivity contribution is 5.48. The SMILES string of the molecule is Cc1ccn(-c2cc(N(C)C)nc(NC3CCC(F)(F)CC3)n2)n1. The van der Waals surface area contributed by atoms with Gasteiger partial charge in [-0.15, -0.1) is 0 Å². The van der Waals surface area contributed by atoms with Gasteiger partial charge in [-0.05, 0) is 25.8 Å². The monoisotopic (exact) mass is 336 g/mol. The Hall–Kier alpha value is -2.25. The minimum absolute atomic E-state index is 0.0331. The molecule has 24 heavy (non-hydrogen) atoms. The molecule has 0 spiro atoms. The minimum Gasteiger partial charge on any atom is -0.363 e. The fourth-order valence-corrected chi connectivity index (χ4v) is 2.74. The lowest BCUT2D eigenvalue weighted by molar-refractivity contribution is -0.0361. The van der Waals surface area contributed by atoms with Crippen molar-refractivity contribution in [1.82, 2.24) is 19.7 Å². The summed E-state index contributed by atoms with van der Waals surface area (Å²) in [5.74, 6) is -0.718. The number of hydrogen-bond acceptors (Lipinski definition) is 5. The van der Waals surface area contributed by atoms with Gasteiger partial charge in [0, 0.05) is 45.2 Å². The molecule has 0 amide bonds. The highest BCUT2D eigenvalue weighted by atomic mass is 19.3. The van der Waals surface area contributed by atoms with E-state index in [1.165, 1.54) is 0 Å². The summed E-state index contributed by atoms with van der Waals surface area (Å²) in [6.07, 6.45) is 2.48. The fourth-order valence-electron chi connectivity index (χ4n) is 2.74. The summed E-state index contributed by atoms with van der Waals surface area (Å²) in [5.41, 5.74) is 0.893. The van der Waals surface area contributed by atoms with Crippen LogP contribution in [-0.4, -0.2) is 45.8 Å². The summed E-state index contributed by atoms with van der Waals surface area (Å²) in [6, 6.07) is 3.70. The number of alkyl halides is 2. The Morgan fingerprint density at radius 1 is 1.25 bits per heavy atom. The molecule has 1 fully saturated rings. The molecule has 6 nitrogen and oxygen atoms in total. The zero-order chi connectivity index (χ0) is 17.3. The van der Waals surface area contributed by atoms with Crippen LogP contribution in [0.25, 0.3) is 5.82 Å². The van der Waals surface area contributed by atoms with E-state index in [0.29, 0.717) is 24.6 Å². The van der Waals surface area contributed by atoms with Crippen LogP contribution in [0.2, 0.25) is 0 Å². The number of nitrogens with one attached hydrogen (secondary N) is 1. The Kier molecular flexibility index (Phi) is 4.38. The summed E-state index contributed by atoms with van der Waals surface area (Å²) in [7, 11) is 3.79. The number of aromatic nitrogens is 4. The fraction of sp³-hybridized carbons (Fsp3) is 0.562. The summed E-state index contributed by atoms with van der Waals surface area (Å²) in [5, 5.41) is 7.58. The highest BCUT2D eigenvalue weighted by Crippen LogP contribution is 2.34. The summed E-state index contributed by atoms with van der Waals surface area (Å²) in [6.45, 7) is 1.91. The Balaban J connectivity index is 1.83. The van der Waals surface area contributed by atoms with Crippen LogP contribution in [0.15, 0.2) is 18.3 Å². The van der Waals surface area contributed by atoms with Crippen LogP contribution in [0.1, 0.15) is 31.4 Å².